The molecule has 0 spiro atoms. The number of carbonyl (C=O) groups is 1. The fourth-order valence-corrected chi connectivity index (χ4v) is 5.57. The number of carbonyl (C=O) groups excluding carboxylic acids is 1. The molecule has 0 aliphatic carbocycles. The number of amides is 1. The maximum absolute atomic E-state index is 13.9. The molecule has 1 amide bonds. The van der Waals surface area contributed by atoms with Crippen molar-refractivity contribution in [1.29, 1.82) is 0 Å². The second kappa shape index (κ2) is 9.62. The Bertz CT molecular complexity index is 2020. The summed E-state index contributed by atoms with van der Waals surface area (Å²) in [6.07, 6.45) is 5.23. The molecule has 0 atom stereocenters. The highest BCUT2D eigenvalue weighted by Crippen LogP contribution is 2.40. The standard InChI is InChI=1S/C32H27FN8O/c1-17-11-20(14-35-30(17)33)21-7-5-9-23-25(21)16-41(31(23)42)26-10-6-8-22-24(15-34-29(22)26)28-18(2)13-36-32(38-28)37-27-12-19(3)40(4)39-27/h5-15,34H,16H2,1-4H3,(H,36,37,38,39). The molecule has 0 radical (unpaired) electrons. The quantitative estimate of drug-likeness (QED) is 0.238. The first-order valence-electron chi connectivity index (χ1n) is 13.6. The Morgan fingerprint density at radius 2 is 1.76 bits per heavy atom. The van der Waals surface area contributed by atoms with Gasteiger partial charge in [-0.05, 0) is 55.7 Å². The summed E-state index contributed by atoms with van der Waals surface area (Å²) in [5.74, 6) is 0.538. The molecule has 0 bridgehead atoms. The summed E-state index contributed by atoms with van der Waals surface area (Å²) >= 11 is 0. The van der Waals surface area contributed by atoms with E-state index >= 15 is 0 Å². The minimum absolute atomic E-state index is 0.0855. The third kappa shape index (κ3) is 4.11. The Labute approximate surface area is 241 Å². The summed E-state index contributed by atoms with van der Waals surface area (Å²) in [5, 5.41) is 8.58. The molecule has 208 valence electrons. The molecule has 9 nitrogen and oxygen atoms in total. The second-order valence-electron chi connectivity index (χ2n) is 10.6. The number of benzene rings is 2. The van der Waals surface area contributed by atoms with E-state index in [1.165, 1.54) is 6.20 Å². The number of hydrogen-bond acceptors (Lipinski definition) is 6. The molecule has 0 saturated heterocycles. The number of pyridine rings is 1. The lowest BCUT2D eigenvalue weighted by Crippen LogP contribution is -2.23. The number of aryl methyl sites for hydroxylation is 4. The number of nitrogens with zero attached hydrogens (tertiary/aromatic N) is 6. The van der Waals surface area contributed by atoms with E-state index in [1.807, 2.05) is 69.6 Å². The van der Waals surface area contributed by atoms with Gasteiger partial charge in [-0.1, -0.05) is 24.3 Å². The molecule has 2 aromatic carbocycles. The molecule has 5 heterocycles. The number of aromatic amines is 1. The summed E-state index contributed by atoms with van der Waals surface area (Å²) < 4.78 is 15.7. The van der Waals surface area contributed by atoms with Gasteiger partial charge >= 0.3 is 0 Å². The van der Waals surface area contributed by atoms with E-state index in [-0.39, 0.29) is 5.91 Å². The molecule has 0 saturated carbocycles. The van der Waals surface area contributed by atoms with Crippen molar-refractivity contribution >= 4 is 34.3 Å². The van der Waals surface area contributed by atoms with Crippen molar-refractivity contribution in [2.24, 2.45) is 7.05 Å². The Kier molecular flexibility index (Phi) is 5.86. The Hall–Kier alpha value is -5.38. The van der Waals surface area contributed by atoms with E-state index in [0.29, 0.717) is 29.4 Å². The first-order chi connectivity index (χ1) is 20.3. The fraction of sp³-hybridized carbons (Fsp3) is 0.156. The minimum Gasteiger partial charge on any atom is -0.359 e. The lowest BCUT2D eigenvalue weighted by Gasteiger charge is -2.17. The minimum atomic E-state index is -0.494. The van der Waals surface area contributed by atoms with Crippen molar-refractivity contribution in [2.75, 3.05) is 10.2 Å². The van der Waals surface area contributed by atoms with Crippen molar-refractivity contribution in [3.63, 3.8) is 0 Å². The number of nitrogens with one attached hydrogen (secondary N) is 2. The molecule has 2 N–H and O–H groups in total. The van der Waals surface area contributed by atoms with E-state index in [1.54, 1.807) is 28.8 Å². The first kappa shape index (κ1) is 25.6. The van der Waals surface area contributed by atoms with Crippen LogP contribution in [-0.2, 0) is 13.6 Å². The van der Waals surface area contributed by atoms with E-state index in [4.69, 9.17) is 4.98 Å². The number of hydrogen-bond donors (Lipinski definition) is 2. The number of H-pyrrole nitrogens is 1. The molecule has 0 fully saturated rings. The Morgan fingerprint density at radius 1 is 0.952 bits per heavy atom. The van der Waals surface area contributed by atoms with Crippen molar-refractivity contribution in [2.45, 2.75) is 27.3 Å². The van der Waals surface area contributed by atoms with Crippen LogP contribution in [0, 0.1) is 26.7 Å². The third-order valence-electron chi connectivity index (χ3n) is 7.86. The molecular weight excluding hydrogens is 531 g/mol. The van der Waals surface area contributed by atoms with Crippen LogP contribution in [0.1, 0.15) is 32.7 Å². The summed E-state index contributed by atoms with van der Waals surface area (Å²) in [7, 11) is 1.89. The summed E-state index contributed by atoms with van der Waals surface area (Å²) in [6, 6.07) is 15.3. The number of halogens is 1. The highest BCUT2D eigenvalue weighted by Gasteiger charge is 2.32. The molecule has 0 unspecified atom stereocenters. The molecule has 10 heteroatoms. The molecular formula is C32H27FN8O. The molecule has 6 aromatic rings. The summed E-state index contributed by atoms with van der Waals surface area (Å²) in [6.45, 7) is 6.03. The van der Waals surface area contributed by atoms with Gasteiger partial charge < -0.3 is 15.2 Å². The second-order valence-corrected chi connectivity index (χ2v) is 10.6. The van der Waals surface area contributed by atoms with Crippen molar-refractivity contribution in [3.05, 3.63) is 101 Å². The smallest absolute Gasteiger partial charge is 0.259 e. The van der Waals surface area contributed by atoms with Gasteiger partial charge in [0.2, 0.25) is 11.9 Å². The van der Waals surface area contributed by atoms with Gasteiger partial charge in [-0.2, -0.15) is 9.49 Å². The molecule has 1 aliphatic heterocycles. The van der Waals surface area contributed by atoms with Crippen molar-refractivity contribution in [1.82, 2.24) is 29.7 Å². The van der Waals surface area contributed by atoms with E-state index in [0.717, 1.165) is 55.8 Å². The van der Waals surface area contributed by atoms with Gasteiger partial charge in [0.1, 0.15) is 0 Å². The number of para-hydroxylation sites is 1. The summed E-state index contributed by atoms with van der Waals surface area (Å²) in [5.41, 5.74) is 8.87. The summed E-state index contributed by atoms with van der Waals surface area (Å²) in [4.78, 5) is 32.1. The zero-order chi connectivity index (χ0) is 29.1. The first-order valence-corrected chi connectivity index (χ1v) is 13.6. The Balaban J connectivity index is 1.26. The zero-order valence-electron chi connectivity index (χ0n) is 23.5. The maximum atomic E-state index is 13.9. The average molecular weight is 559 g/mol. The van der Waals surface area contributed by atoms with Gasteiger partial charge in [-0.3, -0.25) is 9.48 Å². The number of anilines is 3. The number of rotatable bonds is 5. The predicted molar refractivity (Wildman–Crippen MR) is 160 cm³/mol. The van der Waals surface area contributed by atoms with Gasteiger partial charge in [0.25, 0.3) is 5.91 Å². The molecule has 1 aliphatic rings. The molecule has 4 aromatic heterocycles. The van der Waals surface area contributed by atoms with Crippen LogP contribution in [0.25, 0.3) is 33.3 Å². The van der Waals surface area contributed by atoms with Gasteiger partial charge in [0.15, 0.2) is 5.82 Å². The van der Waals surface area contributed by atoms with Gasteiger partial charge in [-0.25, -0.2) is 15.0 Å². The number of aromatic nitrogens is 6. The van der Waals surface area contributed by atoms with E-state index < -0.39 is 5.95 Å². The van der Waals surface area contributed by atoms with Gasteiger partial charge in [0, 0.05) is 65.0 Å². The SMILES string of the molecule is Cc1cc(-c2cccc3c2CN(c2cccc4c(-c5nc(Nc6cc(C)n(C)n6)ncc5C)c[nH]c24)C3=O)cnc1F. The predicted octanol–water partition coefficient (Wildman–Crippen LogP) is 6.39. The number of fused-ring (bicyclic) bond motifs is 2. The normalized spacial score (nSPS) is 12.8. The molecule has 42 heavy (non-hydrogen) atoms. The topological polar surface area (TPSA) is 105 Å². The van der Waals surface area contributed by atoms with Crippen LogP contribution in [0.4, 0.5) is 21.8 Å². The van der Waals surface area contributed by atoms with Crippen LogP contribution in [0.5, 0.6) is 0 Å². The highest BCUT2D eigenvalue weighted by atomic mass is 19.1. The largest absolute Gasteiger partial charge is 0.359 e. The van der Waals surface area contributed by atoms with Gasteiger partial charge in [-0.15, -0.1) is 0 Å². The fourth-order valence-electron chi connectivity index (χ4n) is 5.57. The van der Waals surface area contributed by atoms with Crippen LogP contribution in [0.15, 0.2) is 67.1 Å². The van der Waals surface area contributed by atoms with Crippen LogP contribution in [0.2, 0.25) is 0 Å². The Morgan fingerprint density at radius 3 is 2.55 bits per heavy atom. The lowest BCUT2D eigenvalue weighted by atomic mass is 9.97. The molecule has 7 rings (SSSR count). The average Bonchev–Trinajstić information content (AvgIpc) is 3.66. The van der Waals surface area contributed by atoms with Crippen molar-refractivity contribution < 1.29 is 9.18 Å². The zero-order valence-corrected chi connectivity index (χ0v) is 23.5. The van der Waals surface area contributed by atoms with E-state index in [9.17, 15) is 9.18 Å². The monoisotopic (exact) mass is 558 g/mol. The van der Waals surface area contributed by atoms with Crippen molar-refractivity contribution in [3.8, 4) is 22.4 Å². The third-order valence-corrected chi connectivity index (χ3v) is 7.86. The highest BCUT2D eigenvalue weighted by molar-refractivity contribution is 6.15. The van der Waals surface area contributed by atoms with Crippen LogP contribution in [0.3, 0.4) is 0 Å². The van der Waals surface area contributed by atoms with Crippen LogP contribution < -0.4 is 10.2 Å². The lowest BCUT2D eigenvalue weighted by molar-refractivity contribution is 0.0997. The van der Waals surface area contributed by atoms with E-state index in [2.05, 4.69) is 25.4 Å². The van der Waals surface area contributed by atoms with Gasteiger partial charge in [0.05, 0.1) is 23.4 Å². The van der Waals surface area contributed by atoms with Crippen LogP contribution >= 0.6 is 0 Å². The maximum Gasteiger partial charge on any atom is 0.259 e. The van der Waals surface area contributed by atoms with Crippen LogP contribution in [-0.4, -0.2) is 35.6 Å².